The third-order valence-corrected chi connectivity index (χ3v) is 3.20. The predicted molar refractivity (Wildman–Crippen MR) is 66.6 cm³/mol. The lowest BCUT2D eigenvalue weighted by Crippen LogP contribution is -2.21. The largest absolute Gasteiger partial charge is 0.314 e. The van der Waals surface area contributed by atoms with Crippen molar-refractivity contribution in [2.45, 2.75) is 38.6 Å². The van der Waals surface area contributed by atoms with Gasteiger partial charge in [0.15, 0.2) is 0 Å². The molecule has 1 aromatic rings. The molecule has 0 amide bonds. The summed E-state index contributed by atoms with van der Waals surface area (Å²) in [6.07, 6.45) is 9.85. The van der Waals surface area contributed by atoms with Crippen LogP contribution in [-0.2, 0) is 6.54 Å². The second-order valence-corrected chi connectivity index (χ2v) is 4.39. The fourth-order valence-corrected chi connectivity index (χ4v) is 2.19. The van der Waals surface area contributed by atoms with E-state index in [0.29, 0.717) is 6.54 Å². The number of pyridine rings is 1. The molecule has 0 saturated heterocycles. The topological polar surface area (TPSA) is 45.8 Å². The summed E-state index contributed by atoms with van der Waals surface area (Å²) in [5, 5.41) is 8.79. The molecule has 1 aromatic heterocycles. The second kappa shape index (κ2) is 5.49. The molecule has 0 atom stereocenters. The molecule has 1 aliphatic rings. The zero-order chi connectivity index (χ0) is 12.1. The molecule has 0 fully saturated rings. The highest BCUT2D eigenvalue weighted by Gasteiger charge is 2.05. The van der Waals surface area contributed by atoms with Gasteiger partial charge in [-0.05, 0) is 44.2 Å². The van der Waals surface area contributed by atoms with Crippen molar-refractivity contribution in [2.75, 3.05) is 0 Å². The van der Waals surface area contributed by atoms with E-state index in [-0.39, 0.29) is 11.1 Å². The van der Waals surface area contributed by atoms with E-state index in [1.165, 1.54) is 24.8 Å². The first kappa shape index (κ1) is 11.7. The monoisotopic (exact) mass is 228 g/mol. The van der Waals surface area contributed by atoms with Crippen molar-refractivity contribution in [3.63, 3.8) is 0 Å². The van der Waals surface area contributed by atoms with Crippen LogP contribution in [0.1, 0.15) is 37.7 Å². The summed E-state index contributed by atoms with van der Waals surface area (Å²) < 4.78 is 1.63. The maximum atomic E-state index is 11.8. The fraction of sp³-hybridized carbons (Fsp3) is 0.429. The van der Waals surface area contributed by atoms with Crippen LogP contribution in [0, 0.1) is 11.3 Å². The second-order valence-electron chi connectivity index (χ2n) is 4.39. The third kappa shape index (κ3) is 2.85. The van der Waals surface area contributed by atoms with Crippen molar-refractivity contribution in [1.82, 2.24) is 4.57 Å². The Morgan fingerprint density at radius 1 is 1.41 bits per heavy atom. The zero-order valence-corrected chi connectivity index (χ0v) is 9.85. The van der Waals surface area contributed by atoms with Gasteiger partial charge in [-0.3, -0.25) is 4.79 Å². The molecule has 17 heavy (non-hydrogen) atoms. The van der Waals surface area contributed by atoms with E-state index in [9.17, 15) is 4.79 Å². The maximum Gasteiger partial charge on any atom is 0.268 e. The van der Waals surface area contributed by atoms with Crippen molar-refractivity contribution in [3.8, 4) is 6.07 Å². The van der Waals surface area contributed by atoms with Crippen LogP contribution in [0.15, 0.2) is 34.8 Å². The quantitative estimate of drug-likeness (QED) is 0.746. The molecule has 0 saturated carbocycles. The van der Waals surface area contributed by atoms with Crippen LogP contribution in [0.3, 0.4) is 0 Å². The Kier molecular flexibility index (Phi) is 3.77. The van der Waals surface area contributed by atoms with Crippen LogP contribution in [0.4, 0.5) is 0 Å². The molecule has 0 bridgehead atoms. The van der Waals surface area contributed by atoms with E-state index in [4.69, 9.17) is 5.26 Å². The Morgan fingerprint density at radius 3 is 3.00 bits per heavy atom. The lowest BCUT2D eigenvalue weighted by molar-refractivity contribution is 0.613. The van der Waals surface area contributed by atoms with Gasteiger partial charge in [0.05, 0.1) is 0 Å². The van der Waals surface area contributed by atoms with Gasteiger partial charge < -0.3 is 4.57 Å². The fourth-order valence-electron chi connectivity index (χ4n) is 2.19. The first-order valence-electron chi connectivity index (χ1n) is 6.09. The minimum atomic E-state index is -0.175. The minimum Gasteiger partial charge on any atom is -0.314 e. The Labute approximate surface area is 101 Å². The Hall–Kier alpha value is -1.82. The number of nitrogens with zero attached hydrogens (tertiary/aromatic N) is 2. The highest BCUT2D eigenvalue weighted by atomic mass is 16.1. The molecule has 88 valence electrons. The number of aryl methyl sites for hydroxylation is 1. The van der Waals surface area contributed by atoms with E-state index >= 15 is 0 Å². The summed E-state index contributed by atoms with van der Waals surface area (Å²) in [6.45, 7) is 0.681. The van der Waals surface area contributed by atoms with Crippen LogP contribution < -0.4 is 5.56 Å². The van der Waals surface area contributed by atoms with Crippen molar-refractivity contribution in [3.05, 3.63) is 45.9 Å². The number of hydrogen-bond donors (Lipinski definition) is 0. The van der Waals surface area contributed by atoms with Gasteiger partial charge in [-0.25, -0.2) is 0 Å². The molecule has 0 aromatic carbocycles. The van der Waals surface area contributed by atoms with Gasteiger partial charge in [0.2, 0.25) is 0 Å². The van der Waals surface area contributed by atoms with Gasteiger partial charge >= 0.3 is 0 Å². The average molecular weight is 228 g/mol. The van der Waals surface area contributed by atoms with Crippen LogP contribution in [-0.4, -0.2) is 4.57 Å². The van der Waals surface area contributed by atoms with Gasteiger partial charge in [0, 0.05) is 12.7 Å². The maximum absolute atomic E-state index is 11.8. The molecule has 2 rings (SSSR count). The summed E-state index contributed by atoms with van der Waals surface area (Å²) in [5.41, 5.74) is 1.50. The summed E-state index contributed by atoms with van der Waals surface area (Å²) in [6, 6.07) is 5.25. The molecular formula is C14H16N2O. The molecule has 1 aliphatic carbocycles. The lowest BCUT2D eigenvalue weighted by Gasteiger charge is -2.13. The van der Waals surface area contributed by atoms with E-state index < -0.39 is 0 Å². The Balaban J connectivity index is 2.07. The minimum absolute atomic E-state index is 0.175. The molecule has 0 radical (unpaired) electrons. The van der Waals surface area contributed by atoms with Crippen LogP contribution >= 0.6 is 0 Å². The highest BCUT2D eigenvalue weighted by molar-refractivity contribution is 5.25. The molecule has 0 N–H and O–H groups in total. The molecule has 3 nitrogen and oxygen atoms in total. The number of aromatic nitrogens is 1. The van der Waals surface area contributed by atoms with Crippen LogP contribution in [0.2, 0.25) is 0 Å². The van der Waals surface area contributed by atoms with Crippen LogP contribution in [0.25, 0.3) is 0 Å². The molecule has 1 heterocycles. The van der Waals surface area contributed by atoms with Crippen molar-refractivity contribution in [1.29, 1.82) is 5.26 Å². The van der Waals surface area contributed by atoms with E-state index in [2.05, 4.69) is 6.08 Å². The first-order chi connectivity index (χ1) is 8.31. The number of nitriles is 1. The highest BCUT2D eigenvalue weighted by Crippen LogP contribution is 2.20. The van der Waals surface area contributed by atoms with Crippen LogP contribution in [0.5, 0.6) is 0 Å². The first-order valence-corrected chi connectivity index (χ1v) is 6.09. The zero-order valence-electron chi connectivity index (χ0n) is 9.85. The van der Waals surface area contributed by atoms with Crippen molar-refractivity contribution in [2.24, 2.45) is 0 Å². The molecule has 0 aliphatic heterocycles. The SMILES string of the molecule is N#Cc1cccn(CCC2=CCCCC2)c1=O. The van der Waals surface area contributed by atoms with Gasteiger partial charge in [0.25, 0.3) is 5.56 Å². The third-order valence-electron chi connectivity index (χ3n) is 3.20. The average Bonchev–Trinajstić information content (AvgIpc) is 2.39. The molecule has 0 unspecified atom stereocenters. The van der Waals surface area contributed by atoms with Crippen molar-refractivity contribution >= 4 is 0 Å². The Morgan fingerprint density at radius 2 is 2.29 bits per heavy atom. The van der Waals surface area contributed by atoms with E-state index in [0.717, 1.165) is 12.8 Å². The summed E-state index contributed by atoms with van der Waals surface area (Å²) in [5.74, 6) is 0. The molecule has 3 heteroatoms. The molecule has 0 spiro atoms. The van der Waals surface area contributed by atoms with Gasteiger partial charge in [-0.1, -0.05) is 11.6 Å². The lowest BCUT2D eigenvalue weighted by atomic mass is 9.97. The normalized spacial score (nSPS) is 15.1. The number of rotatable bonds is 3. The van der Waals surface area contributed by atoms with E-state index in [1.807, 2.05) is 6.07 Å². The Bertz CT molecular complexity index is 520. The standard InChI is InChI=1S/C14H16N2O/c15-11-13-7-4-9-16(14(13)17)10-8-12-5-2-1-3-6-12/h4-5,7,9H,1-3,6,8,10H2. The van der Waals surface area contributed by atoms with Gasteiger partial charge in [-0.15, -0.1) is 0 Å². The summed E-state index contributed by atoms with van der Waals surface area (Å²) >= 11 is 0. The van der Waals surface area contributed by atoms with Gasteiger partial charge in [-0.2, -0.15) is 5.26 Å². The van der Waals surface area contributed by atoms with E-state index in [1.54, 1.807) is 22.9 Å². The smallest absolute Gasteiger partial charge is 0.268 e. The predicted octanol–water partition coefficient (Wildman–Crippen LogP) is 2.61. The molecular weight excluding hydrogens is 212 g/mol. The number of allylic oxidation sites excluding steroid dienone is 2. The van der Waals surface area contributed by atoms with Crippen molar-refractivity contribution < 1.29 is 0 Å². The van der Waals surface area contributed by atoms with Gasteiger partial charge in [0.1, 0.15) is 11.6 Å². The number of hydrogen-bond acceptors (Lipinski definition) is 2. The summed E-state index contributed by atoms with van der Waals surface area (Å²) in [4.78, 5) is 11.8. The summed E-state index contributed by atoms with van der Waals surface area (Å²) in [7, 11) is 0.